The van der Waals surface area contributed by atoms with E-state index in [9.17, 15) is 4.79 Å². The van der Waals surface area contributed by atoms with E-state index in [0.29, 0.717) is 21.4 Å². The lowest BCUT2D eigenvalue weighted by molar-refractivity contribution is 0.102. The molecule has 7 heteroatoms. The molecular weight excluding hydrogens is 287 g/mol. The van der Waals surface area contributed by atoms with E-state index in [1.54, 1.807) is 24.3 Å². The van der Waals surface area contributed by atoms with Crippen molar-refractivity contribution in [1.29, 1.82) is 0 Å². The normalized spacial score (nSPS) is 10.1. The van der Waals surface area contributed by atoms with E-state index in [1.165, 1.54) is 12.3 Å². The molecule has 1 amide bonds. The summed E-state index contributed by atoms with van der Waals surface area (Å²) in [4.78, 5) is 16.0. The molecule has 0 aliphatic carbocycles. The number of nitrogen functional groups attached to an aromatic ring is 1. The van der Waals surface area contributed by atoms with Gasteiger partial charge in [0, 0.05) is 11.2 Å². The zero-order valence-corrected chi connectivity index (χ0v) is 11.2. The van der Waals surface area contributed by atoms with Crippen LogP contribution in [0.1, 0.15) is 10.5 Å². The summed E-state index contributed by atoms with van der Waals surface area (Å²) in [5, 5.41) is 3.50. The first kappa shape index (κ1) is 13.6. The molecule has 5 nitrogen and oxygen atoms in total. The standard InChI is InChI=1S/C12H10Cl2N4O/c13-7-1-2-9(14)10(5-7)17-12(19)11-6-8(18-15)3-4-16-11/h1-6H,15H2,(H,16,18)(H,17,19). The van der Waals surface area contributed by atoms with Crippen LogP contribution in [0.3, 0.4) is 0 Å². The zero-order valence-electron chi connectivity index (χ0n) is 9.65. The number of carbonyl (C=O) groups is 1. The molecule has 0 saturated heterocycles. The van der Waals surface area contributed by atoms with Crippen molar-refractivity contribution in [2.75, 3.05) is 10.7 Å². The van der Waals surface area contributed by atoms with Crippen molar-refractivity contribution >= 4 is 40.5 Å². The third-order valence-corrected chi connectivity index (χ3v) is 2.90. The Morgan fingerprint density at radius 1 is 1.21 bits per heavy atom. The van der Waals surface area contributed by atoms with Gasteiger partial charge in [-0.2, -0.15) is 0 Å². The highest BCUT2D eigenvalue weighted by Crippen LogP contribution is 2.25. The van der Waals surface area contributed by atoms with E-state index in [4.69, 9.17) is 29.0 Å². The molecule has 0 aliphatic heterocycles. The Bertz CT molecular complexity index is 618. The van der Waals surface area contributed by atoms with Crippen molar-refractivity contribution in [1.82, 2.24) is 4.98 Å². The molecule has 98 valence electrons. The van der Waals surface area contributed by atoms with Gasteiger partial charge in [0.1, 0.15) is 5.69 Å². The summed E-state index contributed by atoms with van der Waals surface area (Å²) in [5.74, 6) is 4.87. The predicted molar refractivity (Wildman–Crippen MR) is 76.5 cm³/mol. The van der Waals surface area contributed by atoms with Gasteiger partial charge < -0.3 is 10.7 Å². The van der Waals surface area contributed by atoms with Crippen molar-refractivity contribution in [2.45, 2.75) is 0 Å². The van der Waals surface area contributed by atoms with Crippen LogP contribution in [0, 0.1) is 0 Å². The Kier molecular flexibility index (Phi) is 4.21. The van der Waals surface area contributed by atoms with Gasteiger partial charge in [0.05, 0.1) is 16.4 Å². The number of amides is 1. The average Bonchev–Trinajstić information content (AvgIpc) is 2.43. The monoisotopic (exact) mass is 296 g/mol. The minimum Gasteiger partial charge on any atom is -0.324 e. The summed E-state index contributed by atoms with van der Waals surface area (Å²) < 4.78 is 0. The van der Waals surface area contributed by atoms with Gasteiger partial charge in [0.15, 0.2) is 0 Å². The highest BCUT2D eigenvalue weighted by molar-refractivity contribution is 6.35. The first-order valence-electron chi connectivity index (χ1n) is 5.29. The molecule has 0 atom stereocenters. The largest absolute Gasteiger partial charge is 0.324 e. The second-order valence-electron chi connectivity index (χ2n) is 3.65. The van der Waals surface area contributed by atoms with Crippen LogP contribution in [-0.2, 0) is 0 Å². The van der Waals surface area contributed by atoms with Gasteiger partial charge in [-0.05, 0) is 30.3 Å². The fourth-order valence-electron chi connectivity index (χ4n) is 1.42. The molecule has 0 spiro atoms. The molecule has 2 rings (SSSR count). The summed E-state index contributed by atoms with van der Waals surface area (Å²) in [6, 6.07) is 7.96. The zero-order chi connectivity index (χ0) is 13.8. The Morgan fingerprint density at radius 2 is 2.00 bits per heavy atom. The Morgan fingerprint density at radius 3 is 2.74 bits per heavy atom. The molecule has 0 unspecified atom stereocenters. The van der Waals surface area contributed by atoms with Crippen LogP contribution < -0.4 is 16.6 Å². The number of carbonyl (C=O) groups excluding carboxylic acids is 1. The third kappa shape index (κ3) is 3.35. The number of hydrogen-bond donors (Lipinski definition) is 3. The molecule has 2 aromatic rings. The first-order chi connectivity index (χ1) is 9.10. The maximum absolute atomic E-state index is 12.0. The Labute approximate surface area is 119 Å². The van der Waals surface area contributed by atoms with Gasteiger partial charge in [-0.15, -0.1) is 0 Å². The predicted octanol–water partition coefficient (Wildman–Crippen LogP) is 2.93. The lowest BCUT2D eigenvalue weighted by atomic mass is 10.2. The number of rotatable bonds is 3. The molecule has 1 aromatic carbocycles. The summed E-state index contributed by atoms with van der Waals surface area (Å²) >= 11 is 11.8. The van der Waals surface area contributed by atoms with Gasteiger partial charge >= 0.3 is 0 Å². The number of nitrogens with zero attached hydrogens (tertiary/aromatic N) is 1. The molecule has 4 N–H and O–H groups in total. The first-order valence-corrected chi connectivity index (χ1v) is 6.05. The number of hydrogen-bond acceptors (Lipinski definition) is 4. The van der Waals surface area contributed by atoms with Gasteiger partial charge in [-0.1, -0.05) is 23.2 Å². The number of hydrazine groups is 1. The molecule has 0 fully saturated rings. The van der Waals surface area contributed by atoms with Gasteiger partial charge in [0.2, 0.25) is 0 Å². The number of anilines is 2. The SMILES string of the molecule is NNc1ccnc(C(=O)Nc2cc(Cl)ccc2Cl)c1. The topological polar surface area (TPSA) is 80.0 Å². The van der Waals surface area contributed by atoms with Crippen molar-refractivity contribution in [2.24, 2.45) is 5.84 Å². The van der Waals surface area contributed by atoms with Crippen LogP contribution in [0.4, 0.5) is 11.4 Å². The number of halogens is 2. The molecule has 0 bridgehead atoms. The molecule has 19 heavy (non-hydrogen) atoms. The fraction of sp³-hybridized carbons (Fsp3) is 0. The van der Waals surface area contributed by atoms with E-state index in [2.05, 4.69) is 15.7 Å². The van der Waals surface area contributed by atoms with Crippen molar-refractivity contribution in [3.8, 4) is 0 Å². The van der Waals surface area contributed by atoms with Gasteiger partial charge in [0.25, 0.3) is 5.91 Å². The van der Waals surface area contributed by atoms with Crippen LogP contribution in [0.5, 0.6) is 0 Å². The lowest BCUT2D eigenvalue weighted by Gasteiger charge is -2.08. The quantitative estimate of drug-likeness (QED) is 0.601. The second-order valence-corrected chi connectivity index (χ2v) is 4.50. The van der Waals surface area contributed by atoms with Gasteiger partial charge in [-0.3, -0.25) is 15.6 Å². The summed E-state index contributed by atoms with van der Waals surface area (Å²) in [7, 11) is 0. The van der Waals surface area contributed by atoms with E-state index in [0.717, 1.165) is 0 Å². The van der Waals surface area contributed by atoms with Crippen LogP contribution >= 0.6 is 23.2 Å². The van der Waals surface area contributed by atoms with Gasteiger partial charge in [-0.25, -0.2) is 0 Å². The average molecular weight is 297 g/mol. The van der Waals surface area contributed by atoms with Crippen molar-refractivity contribution in [3.63, 3.8) is 0 Å². The van der Waals surface area contributed by atoms with Crippen LogP contribution in [0.2, 0.25) is 10.0 Å². The van der Waals surface area contributed by atoms with Crippen molar-refractivity contribution < 1.29 is 4.79 Å². The lowest BCUT2D eigenvalue weighted by Crippen LogP contribution is -2.15. The summed E-state index contributed by atoms with van der Waals surface area (Å²) in [6.07, 6.45) is 1.48. The fourth-order valence-corrected chi connectivity index (χ4v) is 1.76. The highest BCUT2D eigenvalue weighted by atomic mass is 35.5. The number of nitrogens with two attached hydrogens (primary N) is 1. The Hall–Kier alpha value is -1.82. The molecule has 0 saturated carbocycles. The molecule has 0 aliphatic rings. The van der Waals surface area contributed by atoms with Crippen LogP contribution in [0.15, 0.2) is 36.5 Å². The maximum atomic E-state index is 12.0. The van der Waals surface area contributed by atoms with E-state index in [-0.39, 0.29) is 5.69 Å². The number of benzene rings is 1. The molecule has 1 heterocycles. The summed E-state index contributed by atoms with van der Waals surface area (Å²) in [5.41, 5.74) is 3.66. The van der Waals surface area contributed by atoms with E-state index >= 15 is 0 Å². The number of pyridine rings is 1. The molecule has 1 aromatic heterocycles. The molecular formula is C12H10Cl2N4O. The second kappa shape index (κ2) is 5.88. The minimum absolute atomic E-state index is 0.214. The maximum Gasteiger partial charge on any atom is 0.274 e. The number of aromatic nitrogens is 1. The van der Waals surface area contributed by atoms with Crippen LogP contribution in [-0.4, -0.2) is 10.9 Å². The van der Waals surface area contributed by atoms with Crippen molar-refractivity contribution in [3.05, 3.63) is 52.3 Å². The summed E-state index contributed by atoms with van der Waals surface area (Å²) in [6.45, 7) is 0. The number of nitrogens with one attached hydrogen (secondary N) is 2. The Balaban J connectivity index is 2.22. The van der Waals surface area contributed by atoms with E-state index < -0.39 is 5.91 Å². The minimum atomic E-state index is -0.402. The smallest absolute Gasteiger partial charge is 0.274 e. The molecule has 0 radical (unpaired) electrons. The third-order valence-electron chi connectivity index (χ3n) is 2.34. The van der Waals surface area contributed by atoms with Crippen LogP contribution in [0.25, 0.3) is 0 Å². The highest BCUT2D eigenvalue weighted by Gasteiger charge is 2.10. The van der Waals surface area contributed by atoms with E-state index in [1.807, 2.05) is 0 Å².